The molecule has 0 saturated carbocycles. The lowest BCUT2D eigenvalue weighted by molar-refractivity contribution is -0.140. The number of hydrogen-bond acceptors (Lipinski definition) is 2. The fourth-order valence-corrected chi connectivity index (χ4v) is 3.79. The summed E-state index contributed by atoms with van der Waals surface area (Å²) in [6, 6.07) is 4.65. The molecule has 1 aliphatic carbocycles. The molecule has 0 amide bonds. The first kappa shape index (κ1) is 25.4. The Bertz CT molecular complexity index is 986. The summed E-state index contributed by atoms with van der Waals surface area (Å²) in [4.78, 5) is 12.0. The number of allylic oxidation sites excluding steroid dienone is 9. The summed E-state index contributed by atoms with van der Waals surface area (Å²) in [6.07, 6.45) is 9.82. The van der Waals surface area contributed by atoms with E-state index in [1.807, 2.05) is 13.0 Å². The van der Waals surface area contributed by atoms with Crippen molar-refractivity contribution in [2.75, 3.05) is 0 Å². The second kappa shape index (κ2) is 10.7. The van der Waals surface area contributed by atoms with Crippen molar-refractivity contribution in [2.24, 2.45) is 5.41 Å². The van der Waals surface area contributed by atoms with E-state index in [0.717, 1.165) is 24.1 Å². The molecule has 0 saturated heterocycles. The number of para-hydroxylation sites is 1. The zero-order valence-electron chi connectivity index (χ0n) is 19.3. The van der Waals surface area contributed by atoms with E-state index in [0.29, 0.717) is 5.57 Å². The molecule has 1 aliphatic rings. The molecule has 0 aliphatic heterocycles. The maximum Gasteiger partial charge on any atom is 0.419 e. The lowest BCUT2D eigenvalue weighted by Gasteiger charge is -2.32. The molecule has 0 N–H and O–H groups in total. The predicted octanol–water partition coefficient (Wildman–Crippen LogP) is 8.14. The van der Waals surface area contributed by atoms with Crippen LogP contribution in [0.2, 0.25) is 0 Å². The summed E-state index contributed by atoms with van der Waals surface area (Å²) < 4.78 is 44.0. The minimum atomic E-state index is -4.59. The third kappa shape index (κ3) is 7.40. The molecule has 1 aromatic carbocycles. The standard InChI is InChI=1S/C27H31F3O2/c1-19(15-16-22-21(3)12-9-17-26(22,4)5)10-8-11-20(2)18-25(31)32-24-14-7-6-13-23(24)27(28,29)30/h6-8,10-11,13-16,18H,9,12,17H2,1-5H3/b11-8+,16-15+,19-10+,20-18+. The molecule has 0 aromatic heterocycles. The second-order valence-corrected chi connectivity index (χ2v) is 8.84. The number of alkyl halides is 3. The molecule has 0 spiro atoms. The molecule has 0 atom stereocenters. The van der Waals surface area contributed by atoms with Gasteiger partial charge in [0.2, 0.25) is 0 Å². The Hall–Kier alpha value is -2.82. The van der Waals surface area contributed by atoms with E-state index < -0.39 is 23.5 Å². The van der Waals surface area contributed by atoms with Gasteiger partial charge in [0.25, 0.3) is 0 Å². The van der Waals surface area contributed by atoms with E-state index in [2.05, 4.69) is 32.9 Å². The first-order valence-electron chi connectivity index (χ1n) is 10.7. The molecule has 2 nitrogen and oxygen atoms in total. The summed E-state index contributed by atoms with van der Waals surface area (Å²) >= 11 is 0. The molecule has 32 heavy (non-hydrogen) atoms. The number of esters is 1. The van der Waals surface area contributed by atoms with Crippen molar-refractivity contribution in [3.05, 3.63) is 88.6 Å². The normalized spacial score (nSPS) is 18.0. The second-order valence-electron chi connectivity index (χ2n) is 8.84. The number of halogens is 3. The van der Waals surface area contributed by atoms with Crippen LogP contribution in [-0.2, 0) is 11.0 Å². The van der Waals surface area contributed by atoms with Crippen LogP contribution < -0.4 is 4.74 Å². The topological polar surface area (TPSA) is 26.3 Å². The Morgan fingerprint density at radius 1 is 1.09 bits per heavy atom. The van der Waals surface area contributed by atoms with Gasteiger partial charge in [0.15, 0.2) is 0 Å². The van der Waals surface area contributed by atoms with Crippen molar-refractivity contribution in [1.82, 2.24) is 0 Å². The fraction of sp³-hybridized carbons (Fsp3) is 0.370. The summed E-state index contributed by atoms with van der Waals surface area (Å²) in [5, 5.41) is 0. The Morgan fingerprint density at radius 2 is 1.78 bits per heavy atom. The van der Waals surface area contributed by atoms with Gasteiger partial charge in [-0.2, -0.15) is 13.2 Å². The van der Waals surface area contributed by atoms with Gasteiger partial charge in [0.05, 0.1) is 5.56 Å². The Morgan fingerprint density at radius 3 is 2.44 bits per heavy atom. The molecule has 0 bridgehead atoms. The van der Waals surface area contributed by atoms with Crippen LogP contribution in [0, 0.1) is 5.41 Å². The third-order valence-corrected chi connectivity index (χ3v) is 5.52. The highest BCUT2D eigenvalue weighted by Gasteiger charge is 2.34. The van der Waals surface area contributed by atoms with E-state index in [9.17, 15) is 18.0 Å². The third-order valence-electron chi connectivity index (χ3n) is 5.52. The highest BCUT2D eigenvalue weighted by Crippen LogP contribution is 2.40. The van der Waals surface area contributed by atoms with Crippen LogP contribution in [0.25, 0.3) is 0 Å². The minimum Gasteiger partial charge on any atom is -0.423 e. The van der Waals surface area contributed by atoms with Crippen LogP contribution in [-0.4, -0.2) is 5.97 Å². The maximum absolute atomic E-state index is 13.0. The molecule has 5 heteroatoms. The number of carbonyl (C=O) groups excluding carboxylic acids is 1. The molecule has 0 radical (unpaired) electrons. The predicted molar refractivity (Wildman–Crippen MR) is 123 cm³/mol. The van der Waals surface area contributed by atoms with Gasteiger partial charge in [-0.15, -0.1) is 0 Å². The fourth-order valence-electron chi connectivity index (χ4n) is 3.79. The van der Waals surface area contributed by atoms with Crippen LogP contribution in [0.1, 0.15) is 59.4 Å². The number of benzene rings is 1. The van der Waals surface area contributed by atoms with Gasteiger partial charge in [0.1, 0.15) is 5.75 Å². The molecule has 172 valence electrons. The van der Waals surface area contributed by atoms with Gasteiger partial charge in [-0.05, 0) is 68.7 Å². The average molecular weight is 445 g/mol. The molecule has 0 heterocycles. The molecular weight excluding hydrogens is 413 g/mol. The molecule has 1 aromatic rings. The van der Waals surface area contributed by atoms with Crippen molar-refractivity contribution < 1.29 is 22.7 Å². The average Bonchev–Trinajstić information content (AvgIpc) is 2.66. The monoisotopic (exact) mass is 444 g/mol. The van der Waals surface area contributed by atoms with Crippen LogP contribution in [0.3, 0.4) is 0 Å². The van der Waals surface area contributed by atoms with Crippen molar-refractivity contribution in [1.29, 1.82) is 0 Å². The van der Waals surface area contributed by atoms with Crippen molar-refractivity contribution >= 4 is 5.97 Å². The van der Waals surface area contributed by atoms with E-state index in [1.54, 1.807) is 19.1 Å². The van der Waals surface area contributed by atoms with Crippen LogP contribution in [0.5, 0.6) is 5.75 Å². The van der Waals surface area contributed by atoms with Crippen molar-refractivity contribution in [3.8, 4) is 5.75 Å². The minimum absolute atomic E-state index is 0.180. The SMILES string of the molecule is CC1=C(/C=C/C(C)=C/C=C/C(C)=C/C(=O)Oc2ccccc2C(F)(F)F)C(C)(C)CCC1. The Kier molecular flexibility index (Phi) is 8.48. The molecular formula is C27H31F3O2. The zero-order valence-corrected chi connectivity index (χ0v) is 19.3. The van der Waals surface area contributed by atoms with Gasteiger partial charge in [-0.25, -0.2) is 4.79 Å². The summed E-state index contributed by atoms with van der Waals surface area (Å²) in [7, 11) is 0. The van der Waals surface area contributed by atoms with E-state index in [-0.39, 0.29) is 5.41 Å². The van der Waals surface area contributed by atoms with E-state index >= 15 is 0 Å². The maximum atomic E-state index is 13.0. The van der Waals surface area contributed by atoms with E-state index in [4.69, 9.17) is 4.74 Å². The molecule has 0 unspecified atom stereocenters. The highest BCUT2D eigenvalue weighted by atomic mass is 19.4. The number of rotatable bonds is 6. The van der Waals surface area contributed by atoms with Gasteiger partial charge in [-0.1, -0.05) is 67.5 Å². The van der Waals surface area contributed by atoms with Gasteiger partial charge >= 0.3 is 12.1 Å². The summed E-state index contributed by atoms with van der Waals surface area (Å²) in [5.41, 5.74) is 3.65. The molecule has 2 rings (SSSR count). The van der Waals surface area contributed by atoms with Crippen LogP contribution in [0.4, 0.5) is 13.2 Å². The highest BCUT2D eigenvalue weighted by molar-refractivity contribution is 5.85. The van der Waals surface area contributed by atoms with Crippen LogP contribution >= 0.6 is 0 Å². The number of carbonyl (C=O) groups is 1. The van der Waals surface area contributed by atoms with Gasteiger partial charge in [-0.3, -0.25) is 0 Å². The quantitative estimate of drug-likeness (QED) is 0.192. The summed E-state index contributed by atoms with van der Waals surface area (Å²) in [5.74, 6) is -1.36. The molecule has 0 fully saturated rings. The smallest absolute Gasteiger partial charge is 0.419 e. The lowest BCUT2D eigenvalue weighted by Crippen LogP contribution is -2.19. The zero-order chi connectivity index (χ0) is 23.9. The van der Waals surface area contributed by atoms with Gasteiger partial charge in [0, 0.05) is 6.08 Å². The summed E-state index contributed by atoms with van der Waals surface area (Å²) in [6.45, 7) is 10.4. The van der Waals surface area contributed by atoms with Gasteiger partial charge < -0.3 is 4.74 Å². The first-order chi connectivity index (χ1) is 14.9. The first-order valence-corrected chi connectivity index (χ1v) is 10.7. The number of ether oxygens (including phenoxy) is 1. The Labute approximate surface area is 188 Å². The lowest BCUT2D eigenvalue weighted by atomic mass is 9.72. The Balaban J connectivity index is 2.03. The van der Waals surface area contributed by atoms with Crippen molar-refractivity contribution in [2.45, 2.75) is 60.1 Å². The largest absolute Gasteiger partial charge is 0.423 e. The number of hydrogen-bond donors (Lipinski definition) is 0. The van der Waals surface area contributed by atoms with E-state index in [1.165, 1.54) is 42.2 Å². The van der Waals surface area contributed by atoms with Crippen molar-refractivity contribution in [3.63, 3.8) is 0 Å². The van der Waals surface area contributed by atoms with Crippen LogP contribution in [0.15, 0.2) is 83.0 Å².